The number of hydrogen-bond donors (Lipinski definition) is 1. The summed E-state index contributed by atoms with van der Waals surface area (Å²) < 4.78 is 1.99. The van der Waals surface area contributed by atoms with Crippen LogP contribution >= 0.6 is 0 Å². The highest BCUT2D eigenvalue weighted by Gasteiger charge is 2.27. The second-order valence-electron chi connectivity index (χ2n) is 4.87. The van der Waals surface area contributed by atoms with Crippen LogP contribution in [0.3, 0.4) is 0 Å². The molecule has 19 heavy (non-hydrogen) atoms. The quantitative estimate of drug-likeness (QED) is 0.895. The highest BCUT2D eigenvalue weighted by atomic mass is 16.2. The van der Waals surface area contributed by atoms with Crippen molar-refractivity contribution in [3.63, 3.8) is 0 Å². The molecule has 0 saturated carbocycles. The Morgan fingerprint density at radius 1 is 1.47 bits per heavy atom. The first-order chi connectivity index (χ1) is 9.28. The van der Waals surface area contributed by atoms with Crippen LogP contribution in [-0.2, 0) is 11.3 Å². The molecule has 1 fully saturated rings. The lowest BCUT2D eigenvalue weighted by Gasteiger charge is -2.32. The van der Waals surface area contributed by atoms with E-state index in [1.807, 2.05) is 46.8 Å². The molecule has 5 heteroatoms. The first-order valence-corrected chi connectivity index (χ1v) is 6.72. The number of nitrogens with zero attached hydrogens (tertiary/aromatic N) is 3. The van der Waals surface area contributed by atoms with Crippen LogP contribution in [0.5, 0.6) is 0 Å². The van der Waals surface area contributed by atoms with E-state index in [4.69, 9.17) is 0 Å². The van der Waals surface area contributed by atoms with Crippen LogP contribution in [0.25, 0.3) is 5.65 Å². The van der Waals surface area contributed by atoms with E-state index in [0.717, 1.165) is 30.9 Å². The van der Waals surface area contributed by atoms with Crippen LogP contribution in [0.15, 0.2) is 30.6 Å². The number of carbonyl (C=O) groups excluding carboxylic acids is 1. The maximum atomic E-state index is 12.2. The number of piperazine rings is 1. The lowest BCUT2D eigenvalue weighted by atomic mass is 10.1. The Morgan fingerprint density at radius 3 is 3.16 bits per heavy atom. The minimum Gasteiger partial charge on any atom is -0.334 e. The van der Waals surface area contributed by atoms with Gasteiger partial charge in [-0.15, -0.1) is 0 Å². The van der Waals surface area contributed by atoms with Crippen LogP contribution in [0.1, 0.15) is 19.0 Å². The van der Waals surface area contributed by atoms with E-state index in [2.05, 4.69) is 10.3 Å². The zero-order valence-electron chi connectivity index (χ0n) is 11.0. The molecule has 5 nitrogen and oxygen atoms in total. The number of rotatable bonds is 3. The average Bonchev–Trinajstić information content (AvgIpc) is 2.83. The monoisotopic (exact) mass is 258 g/mol. The zero-order valence-corrected chi connectivity index (χ0v) is 11.0. The van der Waals surface area contributed by atoms with Gasteiger partial charge in [0.15, 0.2) is 0 Å². The lowest BCUT2D eigenvalue weighted by molar-refractivity contribution is -0.136. The summed E-state index contributed by atoms with van der Waals surface area (Å²) in [6.07, 6.45) is 4.80. The molecule has 2 aromatic rings. The molecular formula is C14H18N4O. The third-order valence-electron chi connectivity index (χ3n) is 3.56. The summed E-state index contributed by atoms with van der Waals surface area (Å²) >= 11 is 0. The summed E-state index contributed by atoms with van der Waals surface area (Å²) in [6.45, 7) is 4.24. The van der Waals surface area contributed by atoms with Crippen molar-refractivity contribution in [3.05, 3.63) is 36.3 Å². The Labute approximate surface area is 112 Å². The molecule has 1 saturated heterocycles. The molecule has 0 bridgehead atoms. The van der Waals surface area contributed by atoms with Crippen molar-refractivity contribution in [2.75, 3.05) is 13.1 Å². The van der Waals surface area contributed by atoms with Gasteiger partial charge in [0, 0.05) is 25.5 Å². The Hall–Kier alpha value is -1.88. The molecular weight excluding hydrogens is 240 g/mol. The molecule has 100 valence electrons. The largest absolute Gasteiger partial charge is 0.334 e. The van der Waals surface area contributed by atoms with Crippen molar-refractivity contribution >= 4 is 11.6 Å². The Kier molecular flexibility index (Phi) is 3.21. The lowest BCUT2D eigenvalue weighted by Crippen LogP contribution is -2.54. The molecule has 1 N–H and O–H groups in total. The molecule has 3 rings (SSSR count). The number of nitrogens with one attached hydrogen (secondary N) is 1. The fourth-order valence-electron chi connectivity index (χ4n) is 2.53. The van der Waals surface area contributed by atoms with Gasteiger partial charge in [-0.05, 0) is 18.6 Å². The van der Waals surface area contributed by atoms with Crippen molar-refractivity contribution in [1.82, 2.24) is 19.6 Å². The smallest absolute Gasteiger partial charge is 0.240 e. The number of hydrogen-bond acceptors (Lipinski definition) is 3. The second-order valence-corrected chi connectivity index (χ2v) is 4.87. The van der Waals surface area contributed by atoms with Crippen molar-refractivity contribution in [3.8, 4) is 0 Å². The molecule has 0 spiro atoms. The van der Waals surface area contributed by atoms with Crippen molar-refractivity contribution in [2.24, 2.45) is 0 Å². The van der Waals surface area contributed by atoms with Gasteiger partial charge in [-0.1, -0.05) is 13.0 Å². The van der Waals surface area contributed by atoms with E-state index in [1.165, 1.54) is 0 Å². The minimum absolute atomic E-state index is 0.0363. The first-order valence-electron chi connectivity index (χ1n) is 6.72. The summed E-state index contributed by atoms with van der Waals surface area (Å²) in [5, 5.41) is 3.24. The molecule has 1 aliphatic heterocycles. The van der Waals surface area contributed by atoms with Gasteiger partial charge in [0.2, 0.25) is 5.91 Å². The Balaban J connectivity index is 1.78. The highest BCUT2D eigenvalue weighted by molar-refractivity contribution is 5.82. The fourth-order valence-corrected chi connectivity index (χ4v) is 2.53. The second kappa shape index (κ2) is 5.01. The van der Waals surface area contributed by atoms with Crippen LogP contribution < -0.4 is 5.32 Å². The summed E-state index contributed by atoms with van der Waals surface area (Å²) in [5.74, 6) is 0.186. The van der Waals surface area contributed by atoms with Crippen LogP contribution in [0, 0.1) is 0 Å². The summed E-state index contributed by atoms with van der Waals surface area (Å²) in [4.78, 5) is 18.6. The van der Waals surface area contributed by atoms with Crippen molar-refractivity contribution in [1.29, 1.82) is 0 Å². The summed E-state index contributed by atoms with van der Waals surface area (Å²) in [6, 6.07) is 5.88. The molecule has 1 amide bonds. The number of imidazole rings is 1. The average molecular weight is 258 g/mol. The van der Waals surface area contributed by atoms with Crippen LogP contribution in [-0.4, -0.2) is 39.3 Å². The SMILES string of the molecule is CCC1NCCN(Cc2cn3ccccc3n2)C1=O. The maximum Gasteiger partial charge on any atom is 0.240 e. The molecule has 1 unspecified atom stereocenters. The highest BCUT2D eigenvalue weighted by Crippen LogP contribution is 2.11. The van der Waals surface area contributed by atoms with Crippen LogP contribution in [0.2, 0.25) is 0 Å². The molecule has 2 aromatic heterocycles. The van der Waals surface area contributed by atoms with E-state index in [9.17, 15) is 4.79 Å². The van der Waals surface area contributed by atoms with E-state index in [1.54, 1.807) is 0 Å². The molecule has 0 aliphatic carbocycles. The molecule has 0 aromatic carbocycles. The van der Waals surface area contributed by atoms with E-state index < -0.39 is 0 Å². The van der Waals surface area contributed by atoms with Crippen molar-refractivity contribution in [2.45, 2.75) is 25.9 Å². The Bertz CT molecular complexity index is 559. The molecule has 0 radical (unpaired) electrons. The number of carbonyl (C=O) groups is 1. The zero-order chi connectivity index (χ0) is 13.2. The van der Waals surface area contributed by atoms with Gasteiger partial charge < -0.3 is 14.6 Å². The third-order valence-corrected chi connectivity index (χ3v) is 3.56. The van der Waals surface area contributed by atoms with Gasteiger partial charge in [0.05, 0.1) is 18.3 Å². The first kappa shape index (κ1) is 12.2. The van der Waals surface area contributed by atoms with E-state index in [0.29, 0.717) is 6.54 Å². The predicted molar refractivity (Wildman–Crippen MR) is 72.7 cm³/mol. The normalized spacial score (nSPS) is 20.2. The van der Waals surface area contributed by atoms with Gasteiger partial charge >= 0.3 is 0 Å². The molecule has 3 heterocycles. The van der Waals surface area contributed by atoms with E-state index in [-0.39, 0.29) is 11.9 Å². The minimum atomic E-state index is -0.0363. The Morgan fingerprint density at radius 2 is 2.37 bits per heavy atom. The van der Waals surface area contributed by atoms with Gasteiger partial charge in [0.1, 0.15) is 5.65 Å². The number of fused-ring (bicyclic) bond motifs is 1. The van der Waals surface area contributed by atoms with Crippen LogP contribution in [0.4, 0.5) is 0 Å². The van der Waals surface area contributed by atoms with E-state index >= 15 is 0 Å². The summed E-state index contributed by atoms with van der Waals surface area (Å²) in [5.41, 5.74) is 1.86. The fraction of sp³-hybridized carbons (Fsp3) is 0.429. The molecule has 1 atom stereocenters. The van der Waals surface area contributed by atoms with Gasteiger partial charge in [0.25, 0.3) is 0 Å². The number of aromatic nitrogens is 2. The summed E-state index contributed by atoms with van der Waals surface area (Å²) in [7, 11) is 0. The topological polar surface area (TPSA) is 49.6 Å². The maximum absolute atomic E-state index is 12.2. The standard InChI is InChI=1S/C14H18N4O/c1-2-12-14(19)18(8-6-15-12)10-11-9-17-7-4-3-5-13(17)16-11/h3-5,7,9,12,15H,2,6,8,10H2,1H3. The predicted octanol–water partition coefficient (Wildman–Crippen LogP) is 1.04. The van der Waals surface area contributed by atoms with Gasteiger partial charge in [-0.2, -0.15) is 0 Å². The third kappa shape index (κ3) is 2.33. The molecule has 1 aliphatic rings. The number of amides is 1. The van der Waals surface area contributed by atoms with Crippen molar-refractivity contribution < 1.29 is 4.79 Å². The van der Waals surface area contributed by atoms with Gasteiger partial charge in [-0.3, -0.25) is 4.79 Å². The van der Waals surface area contributed by atoms with Gasteiger partial charge in [-0.25, -0.2) is 4.98 Å². The number of pyridine rings is 1.